The summed E-state index contributed by atoms with van der Waals surface area (Å²) in [7, 11) is 0. The highest BCUT2D eigenvalue weighted by molar-refractivity contribution is 5.97. The van der Waals surface area contributed by atoms with Crippen molar-refractivity contribution in [3.05, 3.63) is 64.7 Å². The Kier molecular flexibility index (Phi) is 4.08. The van der Waals surface area contributed by atoms with E-state index in [2.05, 4.69) is 5.32 Å². The lowest BCUT2D eigenvalue weighted by molar-refractivity contribution is 0.0938. The van der Waals surface area contributed by atoms with Gasteiger partial charge in [0.05, 0.1) is 6.04 Å². The van der Waals surface area contributed by atoms with Crippen LogP contribution < -0.4 is 11.1 Å². The lowest BCUT2D eigenvalue weighted by Crippen LogP contribution is -2.28. The van der Waals surface area contributed by atoms with Gasteiger partial charge in [0, 0.05) is 11.3 Å². The second-order valence-electron chi connectivity index (χ2n) is 5.13. The highest BCUT2D eigenvalue weighted by Crippen LogP contribution is 2.18. The molecule has 0 aromatic heterocycles. The average molecular weight is 268 g/mol. The van der Waals surface area contributed by atoms with Crippen molar-refractivity contribution in [2.75, 3.05) is 5.73 Å². The van der Waals surface area contributed by atoms with E-state index in [1.807, 2.05) is 63.2 Å². The summed E-state index contributed by atoms with van der Waals surface area (Å²) in [5.41, 5.74) is 10.2. The Morgan fingerprint density at radius 2 is 1.70 bits per heavy atom. The van der Waals surface area contributed by atoms with Crippen LogP contribution in [0.1, 0.15) is 40.0 Å². The number of amides is 1. The number of nitrogens with two attached hydrogens (primary N) is 1. The minimum atomic E-state index is -0.0787. The predicted octanol–water partition coefficient (Wildman–Crippen LogP) is 3.38. The van der Waals surface area contributed by atoms with Gasteiger partial charge in [-0.1, -0.05) is 30.3 Å². The van der Waals surface area contributed by atoms with E-state index in [0.29, 0.717) is 5.69 Å². The molecule has 3 nitrogen and oxygen atoms in total. The zero-order chi connectivity index (χ0) is 14.7. The smallest absolute Gasteiger partial charge is 0.252 e. The van der Waals surface area contributed by atoms with Crippen LogP contribution in [0.4, 0.5) is 5.69 Å². The van der Waals surface area contributed by atoms with Crippen molar-refractivity contribution in [1.29, 1.82) is 0 Å². The van der Waals surface area contributed by atoms with Crippen LogP contribution in [0.25, 0.3) is 0 Å². The number of hydrogen-bond acceptors (Lipinski definition) is 2. The summed E-state index contributed by atoms with van der Waals surface area (Å²) in [6, 6.07) is 13.4. The topological polar surface area (TPSA) is 55.1 Å². The Morgan fingerprint density at radius 1 is 1.10 bits per heavy atom. The molecular formula is C17H20N2O. The second-order valence-corrected chi connectivity index (χ2v) is 5.13. The highest BCUT2D eigenvalue weighted by atomic mass is 16.1. The Balaban J connectivity index is 2.20. The molecule has 2 aromatic rings. The molecular weight excluding hydrogens is 248 g/mol. The Morgan fingerprint density at radius 3 is 2.30 bits per heavy atom. The first-order chi connectivity index (χ1) is 9.49. The van der Waals surface area contributed by atoms with Crippen molar-refractivity contribution < 1.29 is 4.79 Å². The average Bonchev–Trinajstić information content (AvgIpc) is 2.38. The molecule has 0 aliphatic heterocycles. The van der Waals surface area contributed by atoms with Crippen LogP contribution in [0, 0.1) is 13.8 Å². The zero-order valence-corrected chi connectivity index (χ0v) is 12.1. The summed E-state index contributed by atoms with van der Waals surface area (Å²) in [6.45, 7) is 5.86. The monoisotopic (exact) mass is 268 g/mol. The third-order valence-electron chi connectivity index (χ3n) is 3.47. The number of anilines is 1. The number of hydrogen-bond donors (Lipinski definition) is 2. The molecule has 0 heterocycles. The quantitative estimate of drug-likeness (QED) is 0.838. The highest BCUT2D eigenvalue weighted by Gasteiger charge is 2.15. The number of nitrogen functional groups attached to an aromatic ring is 1. The molecule has 0 aliphatic carbocycles. The van der Waals surface area contributed by atoms with Crippen LogP contribution >= 0.6 is 0 Å². The Labute approximate surface area is 119 Å². The maximum atomic E-state index is 12.4. The molecule has 0 aliphatic rings. The lowest BCUT2D eigenvalue weighted by atomic mass is 10.0. The summed E-state index contributed by atoms with van der Waals surface area (Å²) in [5.74, 6) is -0.0458. The molecule has 0 spiro atoms. The molecule has 1 unspecified atom stereocenters. The Bertz CT molecular complexity index is 614. The zero-order valence-electron chi connectivity index (χ0n) is 12.1. The van der Waals surface area contributed by atoms with Gasteiger partial charge in [-0.2, -0.15) is 0 Å². The largest absolute Gasteiger partial charge is 0.399 e. The number of aryl methyl sites for hydroxylation is 2. The molecule has 0 saturated heterocycles. The molecule has 3 heteroatoms. The van der Waals surface area contributed by atoms with E-state index in [1.165, 1.54) is 0 Å². The SMILES string of the molecule is Cc1cccc(C)c1C(=O)NC(C)c1cccc(N)c1. The molecule has 2 aromatic carbocycles. The van der Waals surface area contributed by atoms with Crippen LogP contribution in [0.5, 0.6) is 0 Å². The van der Waals surface area contributed by atoms with Crippen LogP contribution in [0.3, 0.4) is 0 Å². The summed E-state index contributed by atoms with van der Waals surface area (Å²) in [4.78, 5) is 12.4. The minimum Gasteiger partial charge on any atom is -0.399 e. The van der Waals surface area contributed by atoms with Gasteiger partial charge in [0.1, 0.15) is 0 Å². The van der Waals surface area contributed by atoms with Crippen LogP contribution in [0.15, 0.2) is 42.5 Å². The van der Waals surface area contributed by atoms with E-state index in [9.17, 15) is 4.79 Å². The van der Waals surface area contributed by atoms with Gasteiger partial charge in [0.25, 0.3) is 5.91 Å². The third-order valence-corrected chi connectivity index (χ3v) is 3.47. The van der Waals surface area contributed by atoms with Crippen molar-refractivity contribution in [2.45, 2.75) is 26.8 Å². The van der Waals surface area contributed by atoms with Crippen molar-refractivity contribution in [3.8, 4) is 0 Å². The van der Waals surface area contributed by atoms with Crippen molar-refractivity contribution in [3.63, 3.8) is 0 Å². The first kappa shape index (κ1) is 14.1. The van der Waals surface area contributed by atoms with E-state index < -0.39 is 0 Å². The molecule has 1 amide bonds. The van der Waals surface area contributed by atoms with Gasteiger partial charge >= 0.3 is 0 Å². The van der Waals surface area contributed by atoms with Gasteiger partial charge in [-0.15, -0.1) is 0 Å². The molecule has 20 heavy (non-hydrogen) atoms. The van der Waals surface area contributed by atoms with Crippen molar-refractivity contribution >= 4 is 11.6 Å². The fourth-order valence-electron chi connectivity index (χ4n) is 2.35. The molecule has 0 fully saturated rings. The van der Waals surface area contributed by atoms with E-state index in [1.54, 1.807) is 0 Å². The minimum absolute atomic E-state index is 0.0458. The van der Waals surface area contributed by atoms with Gasteiger partial charge in [-0.3, -0.25) is 4.79 Å². The maximum absolute atomic E-state index is 12.4. The summed E-state index contributed by atoms with van der Waals surface area (Å²) in [5, 5.41) is 3.03. The van der Waals surface area contributed by atoms with Crippen LogP contribution in [0.2, 0.25) is 0 Å². The number of carbonyl (C=O) groups is 1. The molecule has 3 N–H and O–H groups in total. The van der Waals surface area contributed by atoms with E-state index in [-0.39, 0.29) is 11.9 Å². The molecule has 104 valence electrons. The normalized spacial score (nSPS) is 11.9. The van der Waals surface area contributed by atoms with E-state index in [4.69, 9.17) is 5.73 Å². The fraction of sp³-hybridized carbons (Fsp3) is 0.235. The van der Waals surface area contributed by atoms with E-state index >= 15 is 0 Å². The third kappa shape index (κ3) is 2.99. The van der Waals surface area contributed by atoms with E-state index in [0.717, 1.165) is 22.3 Å². The van der Waals surface area contributed by atoms with Crippen LogP contribution in [-0.2, 0) is 0 Å². The number of carbonyl (C=O) groups excluding carboxylic acids is 1. The van der Waals surface area contributed by atoms with Gasteiger partial charge in [-0.05, 0) is 49.6 Å². The first-order valence-corrected chi connectivity index (χ1v) is 6.71. The molecule has 0 radical (unpaired) electrons. The van der Waals surface area contributed by atoms with Gasteiger partial charge in [0.2, 0.25) is 0 Å². The number of nitrogens with one attached hydrogen (secondary N) is 1. The Hall–Kier alpha value is -2.29. The van der Waals surface area contributed by atoms with Gasteiger partial charge in [0.15, 0.2) is 0 Å². The van der Waals surface area contributed by atoms with Crippen molar-refractivity contribution in [2.24, 2.45) is 0 Å². The molecule has 0 bridgehead atoms. The maximum Gasteiger partial charge on any atom is 0.252 e. The molecule has 1 atom stereocenters. The molecule has 2 rings (SSSR count). The first-order valence-electron chi connectivity index (χ1n) is 6.71. The summed E-state index contributed by atoms with van der Waals surface area (Å²) >= 11 is 0. The predicted molar refractivity (Wildman–Crippen MR) is 82.7 cm³/mol. The lowest BCUT2D eigenvalue weighted by Gasteiger charge is -2.17. The second kappa shape index (κ2) is 5.78. The van der Waals surface area contributed by atoms with Gasteiger partial charge in [-0.25, -0.2) is 0 Å². The molecule has 0 saturated carbocycles. The fourth-order valence-corrected chi connectivity index (χ4v) is 2.35. The van der Waals surface area contributed by atoms with Crippen LogP contribution in [-0.4, -0.2) is 5.91 Å². The van der Waals surface area contributed by atoms with Crippen molar-refractivity contribution in [1.82, 2.24) is 5.32 Å². The summed E-state index contributed by atoms with van der Waals surface area (Å²) in [6.07, 6.45) is 0. The standard InChI is InChI=1S/C17H20N2O/c1-11-6-4-7-12(2)16(11)17(20)19-13(3)14-8-5-9-15(18)10-14/h4-10,13H,18H2,1-3H3,(H,19,20). The number of rotatable bonds is 3. The van der Waals surface area contributed by atoms with Gasteiger partial charge < -0.3 is 11.1 Å². The summed E-state index contributed by atoms with van der Waals surface area (Å²) < 4.78 is 0. The number of benzene rings is 2.